The summed E-state index contributed by atoms with van der Waals surface area (Å²) in [6, 6.07) is 8.37. The Hall–Kier alpha value is -3.66. The number of esters is 1. The zero-order valence-electron chi connectivity index (χ0n) is 15.6. The molecule has 0 spiro atoms. The quantitative estimate of drug-likeness (QED) is 0.337. The fourth-order valence-corrected chi connectivity index (χ4v) is 3.00. The van der Waals surface area contributed by atoms with Gasteiger partial charge in [-0.2, -0.15) is 0 Å². The molecule has 0 radical (unpaired) electrons. The molecule has 0 aliphatic carbocycles. The zero-order valence-corrected chi connectivity index (χ0v) is 15.6. The van der Waals surface area contributed by atoms with Crippen LogP contribution in [-0.4, -0.2) is 55.3 Å². The van der Waals surface area contributed by atoms with Crippen molar-refractivity contribution in [3.05, 3.63) is 57.6 Å². The lowest BCUT2D eigenvalue weighted by molar-refractivity contribution is -0.384. The summed E-state index contributed by atoms with van der Waals surface area (Å²) in [5, 5.41) is 24.2. The van der Waals surface area contributed by atoms with E-state index in [4.69, 9.17) is 4.74 Å². The van der Waals surface area contributed by atoms with Crippen LogP contribution in [-0.2, 0) is 9.47 Å². The third-order valence-electron chi connectivity index (χ3n) is 4.48. The topological polar surface area (TPSA) is 131 Å². The van der Waals surface area contributed by atoms with Crippen LogP contribution in [0.3, 0.4) is 0 Å². The number of nitro groups is 1. The van der Waals surface area contributed by atoms with Crippen LogP contribution in [0.5, 0.6) is 5.75 Å². The van der Waals surface area contributed by atoms with Crippen molar-refractivity contribution in [3.63, 3.8) is 0 Å². The molecule has 2 aromatic rings. The first kappa shape index (κ1) is 20.1. The number of nitrogens with zero attached hydrogens (tertiary/aromatic N) is 2. The Bertz CT molecular complexity index is 955. The maximum atomic E-state index is 12.6. The van der Waals surface area contributed by atoms with E-state index in [0.717, 1.165) is 0 Å². The Morgan fingerprint density at radius 3 is 2.62 bits per heavy atom. The summed E-state index contributed by atoms with van der Waals surface area (Å²) in [5.74, 6) is -1.88. The van der Waals surface area contributed by atoms with Crippen LogP contribution in [0.2, 0.25) is 0 Å². The second kappa shape index (κ2) is 8.57. The number of phenols is 1. The van der Waals surface area contributed by atoms with Crippen molar-refractivity contribution in [1.29, 1.82) is 0 Å². The SMILES string of the molecule is COC(=O)c1cccc(NC(=O)c2ccc(N3CCOCC3)c([N+](=O)[O-])c2)c1O. The molecule has 0 bridgehead atoms. The van der Waals surface area contributed by atoms with Crippen LogP contribution in [0.15, 0.2) is 36.4 Å². The Morgan fingerprint density at radius 1 is 1.24 bits per heavy atom. The molecule has 0 unspecified atom stereocenters. The molecule has 1 aliphatic heterocycles. The average Bonchev–Trinajstić information content (AvgIpc) is 2.74. The zero-order chi connectivity index (χ0) is 21.0. The monoisotopic (exact) mass is 401 g/mol. The van der Waals surface area contributed by atoms with Crippen molar-refractivity contribution < 1.29 is 29.1 Å². The molecule has 152 valence electrons. The fourth-order valence-electron chi connectivity index (χ4n) is 3.00. The number of rotatable bonds is 5. The van der Waals surface area contributed by atoms with Crippen molar-refractivity contribution in [1.82, 2.24) is 0 Å². The van der Waals surface area contributed by atoms with Crippen LogP contribution >= 0.6 is 0 Å². The Balaban J connectivity index is 1.87. The number of nitro benzene ring substituents is 1. The highest BCUT2D eigenvalue weighted by molar-refractivity contribution is 6.07. The number of anilines is 2. The van der Waals surface area contributed by atoms with Gasteiger partial charge < -0.3 is 24.8 Å². The number of amides is 1. The van der Waals surface area contributed by atoms with Crippen molar-refractivity contribution in [2.24, 2.45) is 0 Å². The smallest absolute Gasteiger partial charge is 0.341 e. The number of aromatic hydroxyl groups is 1. The standard InChI is InChI=1S/C19H19N3O7/c1-28-19(25)13-3-2-4-14(17(13)23)20-18(24)12-5-6-15(16(11-12)22(26)27)21-7-9-29-10-8-21/h2-6,11,23H,7-10H2,1H3,(H,20,24). The highest BCUT2D eigenvalue weighted by atomic mass is 16.6. The molecule has 0 aromatic heterocycles. The van der Waals surface area contributed by atoms with Crippen LogP contribution < -0.4 is 10.2 Å². The van der Waals surface area contributed by atoms with Crippen molar-refractivity contribution >= 4 is 28.9 Å². The molecule has 1 saturated heterocycles. The molecule has 1 fully saturated rings. The molecule has 1 heterocycles. The van der Waals surface area contributed by atoms with Gasteiger partial charge in [-0.3, -0.25) is 14.9 Å². The second-order valence-corrected chi connectivity index (χ2v) is 6.21. The number of morpholine rings is 1. The summed E-state index contributed by atoms with van der Waals surface area (Å²) in [7, 11) is 1.17. The van der Waals surface area contributed by atoms with Gasteiger partial charge in [-0.1, -0.05) is 6.07 Å². The van der Waals surface area contributed by atoms with E-state index in [9.17, 15) is 24.8 Å². The van der Waals surface area contributed by atoms with Gasteiger partial charge in [0.15, 0.2) is 5.75 Å². The summed E-state index contributed by atoms with van der Waals surface area (Å²) in [6.07, 6.45) is 0. The van der Waals surface area contributed by atoms with E-state index >= 15 is 0 Å². The molecule has 2 aromatic carbocycles. The summed E-state index contributed by atoms with van der Waals surface area (Å²) in [4.78, 5) is 37.1. The first-order valence-corrected chi connectivity index (χ1v) is 8.75. The number of carbonyl (C=O) groups excluding carboxylic acids is 2. The van der Waals surface area contributed by atoms with Crippen LogP contribution in [0.25, 0.3) is 0 Å². The van der Waals surface area contributed by atoms with Crippen molar-refractivity contribution in [2.75, 3.05) is 43.6 Å². The minimum atomic E-state index is -0.760. The molecular weight excluding hydrogens is 382 g/mol. The van der Waals surface area contributed by atoms with Gasteiger partial charge in [0.25, 0.3) is 11.6 Å². The lowest BCUT2D eigenvalue weighted by Gasteiger charge is -2.28. The Morgan fingerprint density at radius 2 is 1.97 bits per heavy atom. The number of ether oxygens (including phenoxy) is 2. The van der Waals surface area contributed by atoms with Gasteiger partial charge in [0.2, 0.25) is 0 Å². The summed E-state index contributed by atoms with van der Waals surface area (Å²) < 4.78 is 9.84. The van der Waals surface area contributed by atoms with E-state index < -0.39 is 22.5 Å². The normalized spacial score (nSPS) is 13.6. The summed E-state index contributed by atoms with van der Waals surface area (Å²) in [6.45, 7) is 1.96. The molecule has 3 rings (SSSR count). The van der Waals surface area contributed by atoms with Gasteiger partial charge in [0, 0.05) is 24.7 Å². The highest BCUT2D eigenvalue weighted by Crippen LogP contribution is 2.32. The molecular formula is C19H19N3O7. The van der Waals surface area contributed by atoms with Gasteiger partial charge in [0.1, 0.15) is 11.3 Å². The number of methoxy groups -OCH3 is 1. The minimum Gasteiger partial charge on any atom is -0.505 e. The predicted octanol–water partition coefficient (Wildman–Crippen LogP) is 2.18. The van der Waals surface area contributed by atoms with Crippen LogP contribution in [0.1, 0.15) is 20.7 Å². The molecule has 10 nitrogen and oxygen atoms in total. The number of benzene rings is 2. The number of carbonyl (C=O) groups is 2. The van der Waals surface area contributed by atoms with Crippen LogP contribution in [0.4, 0.5) is 17.1 Å². The predicted molar refractivity (Wildman–Crippen MR) is 104 cm³/mol. The van der Waals surface area contributed by atoms with Gasteiger partial charge in [-0.15, -0.1) is 0 Å². The molecule has 1 aliphatic rings. The number of phenolic OH excluding ortho intramolecular Hbond substituents is 1. The lowest BCUT2D eigenvalue weighted by Crippen LogP contribution is -2.36. The van der Waals surface area contributed by atoms with Gasteiger partial charge in [-0.25, -0.2) is 4.79 Å². The van der Waals surface area contributed by atoms with E-state index in [-0.39, 0.29) is 22.5 Å². The molecule has 0 atom stereocenters. The molecule has 0 saturated carbocycles. The van der Waals surface area contributed by atoms with Crippen molar-refractivity contribution in [2.45, 2.75) is 0 Å². The van der Waals surface area contributed by atoms with Crippen molar-refractivity contribution in [3.8, 4) is 5.75 Å². The third-order valence-corrected chi connectivity index (χ3v) is 4.48. The van der Waals surface area contributed by atoms with E-state index in [1.807, 2.05) is 4.90 Å². The number of hydrogen-bond acceptors (Lipinski definition) is 8. The fraction of sp³-hybridized carbons (Fsp3) is 0.263. The lowest BCUT2D eigenvalue weighted by atomic mass is 10.1. The van der Waals surface area contributed by atoms with Gasteiger partial charge in [-0.05, 0) is 24.3 Å². The molecule has 2 N–H and O–H groups in total. The number of para-hydroxylation sites is 1. The second-order valence-electron chi connectivity index (χ2n) is 6.21. The maximum absolute atomic E-state index is 12.6. The van der Waals surface area contributed by atoms with E-state index in [2.05, 4.69) is 10.1 Å². The van der Waals surface area contributed by atoms with E-state index in [1.165, 1.54) is 43.5 Å². The number of nitrogens with one attached hydrogen (secondary N) is 1. The first-order chi connectivity index (χ1) is 13.9. The summed E-state index contributed by atoms with van der Waals surface area (Å²) >= 11 is 0. The number of hydrogen-bond donors (Lipinski definition) is 2. The largest absolute Gasteiger partial charge is 0.505 e. The highest BCUT2D eigenvalue weighted by Gasteiger charge is 2.24. The van der Waals surface area contributed by atoms with Gasteiger partial charge >= 0.3 is 5.97 Å². The molecule has 29 heavy (non-hydrogen) atoms. The molecule has 10 heteroatoms. The maximum Gasteiger partial charge on any atom is 0.341 e. The average molecular weight is 401 g/mol. The van der Waals surface area contributed by atoms with Crippen LogP contribution in [0, 0.1) is 10.1 Å². The Labute approximate surface area is 165 Å². The molecule has 1 amide bonds. The van der Waals surface area contributed by atoms with E-state index in [0.29, 0.717) is 32.0 Å². The Kier molecular flexibility index (Phi) is 5.93. The minimum absolute atomic E-state index is 0.0159. The van der Waals surface area contributed by atoms with E-state index in [1.54, 1.807) is 0 Å². The summed E-state index contributed by atoms with van der Waals surface area (Å²) in [5.41, 5.74) is 0.116. The third kappa shape index (κ3) is 4.27. The first-order valence-electron chi connectivity index (χ1n) is 8.75. The van der Waals surface area contributed by atoms with Gasteiger partial charge in [0.05, 0.1) is 30.9 Å².